The van der Waals surface area contributed by atoms with E-state index in [0.29, 0.717) is 12.4 Å². The van der Waals surface area contributed by atoms with Crippen molar-refractivity contribution in [2.45, 2.75) is 13.3 Å². The smallest absolute Gasteiger partial charge is 0.192 e. The van der Waals surface area contributed by atoms with E-state index in [1.54, 1.807) is 0 Å². The van der Waals surface area contributed by atoms with Crippen LogP contribution >= 0.6 is 0 Å². The lowest BCUT2D eigenvalue weighted by atomic mass is 10.3. The van der Waals surface area contributed by atoms with E-state index in [4.69, 9.17) is 10.2 Å². The number of hydrogen-bond acceptors (Lipinski definition) is 4. The molecule has 2 rings (SSSR count). The number of fused-ring (bicyclic) bond motifs is 1. The fourth-order valence-corrected chi connectivity index (χ4v) is 1.49. The third-order valence-corrected chi connectivity index (χ3v) is 2.20. The summed E-state index contributed by atoms with van der Waals surface area (Å²) in [5, 5.41) is 3.29. The van der Waals surface area contributed by atoms with E-state index in [1.807, 2.05) is 25.1 Å². The fourth-order valence-electron chi connectivity index (χ4n) is 1.49. The van der Waals surface area contributed by atoms with Gasteiger partial charge in [-0.25, -0.2) is 4.98 Å². The first kappa shape index (κ1) is 9.98. The van der Waals surface area contributed by atoms with Gasteiger partial charge in [0.1, 0.15) is 5.52 Å². The summed E-state index contributed by atoms with van der Waals surface area (Å²) in [6.07, 6.45) is 0.968. The second-order valence-electron chi connectivity index (χ2n) is 3.48. The molecule has 80 valence electrons. The van der Waals surface area contributed by atoms with Crippen molar-refractivity contribution in [2.75, 3.05) is 18.4 Å². The van der Waals surface area contributed by atoms with Crippen molar-refractivity contribution in [1.82, 2.24) is 4.98 Å². The summed E-state index contributed by atoms with van der Waals surface area (Å²) in [5.41, 5.74) is 8.20. The molecule has 1 aromatic heterocycles. The summed E-state index contributed by atoms with van der Waals surface area (Å²) in [7, 11) is 0. The molecule has 1 heterocycles. The van der Waals surface area contributed by atoms with Gasteiger partial charge in [0.05, 0.1) is 0 Å². The number of nitrogens with one attached hydrogen (secondary N) is 1. The number of benzene rings is 1. The molecule has 15 heavy (non-hydrogen) atoms. The highest BCUT2D eigenvalue weighted by Crippen LogP contribution is 2.19. The summed E-state index contributed by atoms with van der Waals surface area (Å²) in [5.74, 6) is 0.698. The van der Waals surface area contributed by atoms with Crippen molar-refractivity contribution in [1.29, 1.82) is 0 Å². The van der Waals surface area contributed by atoms with Gasteiger partial charge in [0.2, 0.25) is 0 Å². The standard InChI is InChI=1S/C11H15N3O/c1-8-14-10-7-9(13-6-2-5-12)3-4-11(10)15-8/h3-4,7,13H,2,5-6,12H2,1H3. The third kappa shape index (κ3) is 2.27. The lowest BCUT2D eigenvalue weighted by Crippen LogP contribution is -2.08. The van der Waals surface area contributed by atoms with Crippen LogP contribution in [-0.2, 0) is 0 Å². The average Bonchev–Trinajstić information content (AvgIpc) is 2.57. The first-order valence-electron chi connectivity index (χ1n) is 5.11. The molecule has 0 fully saturated rings. The minimum absolute atomic E-state index is 0.698. The van der Waals surface area contributed by atoms with Gasteiger partial charge in [-0.2, -0.15) is 0 Å². The molecule has 0 amide bonds. The quantitative estimate of drug-likeness (QED) is 0.748. The van der Waals surface area contributed by atoms with Crippen LogP contribution in [-0.4, -0.2) is 18.1 Å². The second-order valence-corrected chi connectivity index (χ2v) is 3.48. The highest BCUT2D eigenvalue weighted by atomic mass is 16.3. The van der Waals surface area contributed by atoms with E-state index in [2.05, 4.69) is 10.3 Å². The minimum Gasteiger partial charge on any atom is -0.441 e. The van der Waals surface area contributed by atoms with E-state index < -0.39 is 0 Å². The Labute approximate surface area is 88.5 Å². The Balaban J connectivity index is 2.15. The number of nitrogens with zero attached hydrogens (tertiary/aromatic N) is 1. The van der Waals surface area contributed by atoms with Gasteiger partial charge in [-0.15, -0.1) is 0 Å². The van der Waals surface area contributed by atoms with Gasteiger partial charge < -0.3 is 15.5 Å². The lowest BCUT2D eigenvalue weighted by molar-refractivity contribution is 0.561. The van der Waals surface area contributed by atoms with Crippen molar-refractivity contribution in [2.24, 2.45) is 5.73 Å². The zero-order valence-corrected chi connectivity index (χ0v) is 8.79. The first-order chi connectivity index (χ1) is 7.29. The Morgan fingerprint density at radius 1 is 1.47 bits per heavy atom. The lowest BCUT2D eigenvalue weighted by Gasteiger charge is -2.03. The van der Waals surface area contributed by atoms with Gasteiger partial charge in [-0.3, -0.25) is 0 Å². The molecular formula is C11H15N3O. The highest BCUT2D eigenvalue weighted by molar-refractivity contribution is 5.77. The van der Waals surface area contributed by atoms with Crippen molar-refractivity contribution in [3.05, 3.63) is 24.1 Å². The molecule has 0 bridgehead atoms. The number of aromatic nitrogens is 1. The van der Waals surface area contributed by atoms with E-state index >= 15 is 0 Å². The largest absolute Gasteiger partial charge is 0.441 e. The second kappa shape index (κ2) is 4.31. The van der Waals surface area contributed by atoms with Gasteiger partial charge in [0.15, 0.2) is 11.5 Å². The van der Waals surface area contributed by atoms with Crippen molar-refractivity contribution in [3.63, 3.8) is 0 Å². The highest BCUT2D eigenvalue weighted by Gasteiger charge is 2.02. The number of nitrogens with two attached hydrogens (primary N) is 1. The van der Waals surface area contributed by atoms with Crippen LogP contribution in [0.3, 0.4) is 0 Å². The zero-order chi connectivity index (χ0) is 10.7. The number of oxazole rings is 1. The van der Waals surface area contributed by atoms with Crippen LogP contribution in [0.25, 0.3) is 11.1 Å². The molecule has 3 N–H and O–H groups in total. The van der Waals surface area contributed by atoms with E-state index in [-0.39, 0.29) is 0 Å². The number of anilines is 1. The minimum atomic E-state index is 0.698. The molecule has 0 aliphatic heterocycles. The molecule has 0 aliphatic carbocycles. The van der Waals surface area contributed by atoms with E-state index in [0.717, 1.165) is 29.8 Å². The topological polar surface area (TPSA) is 64.1 Å². The SMILES string of the molecule is Cc1nc2cc(NCCCN)ccc2o1. The van der Waals surface area contributed by atoms with Crippen LogP contribution in [0, 0.1) is 6.92 Å². The first-order valence-corrected chi connectivity index (χ1v) is 5.11. The van der Waals surface area contributed by atoms with Crippen LogP contribution in [0.5, 0.6) is 0 Å². The maximum absolute atomic E-state index is 5.42. The molecule has 0 saturated carbocycles. The molecule has 4 heteroatoms. The third-order valence-electron chi connectivity index (χ3n) is 2.20. The van der Waals surface area contributed by atoms with Crippen LogP contribution < -0.4 is 11.1 Å². The van der Waals surface area contributed by atoms with Gasteiger partial charge in [0, 0.05) is 19.2 Å². The van der Waals surface area contributed by atoms with Crippen LogP contribution in [0.15, 0.2) is 22.6 Å². The molecule has 1 aromatic carbocycles. The van der Waals surface area contributed by atoms with Crippen molar-refractivity contribution < 1.29 is 4.42 Å². The van der Waals surface area contributed by atoms with Crippen LogP contribution in [0.1, 0.15) is 12.3 Å². The predicted octanol–water partition coefficient (Wildman–Crippen LogP) is 1.90. The van der Waals surface area contributed by atoms with Crippen molar-refractivity contribution >= 4 is 16.8 Å². The average molecular weight is 205 g/mol. The van der Waals surface area contributed by atoms with Gasteiger partial charge in [0.25, 0.3) is 0 Å². The number of rotatable bonds is 4. The molecule has 0 saturated heterocycles. The van der Waals surface area contributed by atoms with E-state index in [1.165, 1.54) is 0 Å². The molecule has 0 aliphatic rings. The summed E-state index contributed by atoms with van der Waals surface area (Å²) in [4.78, 5) is 4.27. The number of hydrogen-bond donors (Lipinski definition) is 2. The zero-order valence-electron chi connectivity index (χ0n) is 8.79. The maximum atomic E-state index is 5.42. The molecule has 4 nitrogen and oxygen atoms in total. The molecule has 0 radical (unpaired) electrons. The normalized spacial score (nSPS) is 10.8. The van der Waals surface area contributed by atoms with Crippen LogP contribution in [0.2, 0.25) is 0 Å². The molecule has 0 unspecified atom stereocenters. The van der Waals surface area contributed by atoms with Gasteiger partial charge in [-0.1, -0.05) is 0 Å². The Morgan fingerprint density at radius 2 is 2.33 bits per heavy atom. The summed E-state index contributed by atoms with van der Waals surface area (Å²) < 4.78 is 5.39. The predicted molar refractivity (Wildman–Crippen MR) is 60.9 cm³/mol. The maximum Gasteiger partial charge on any atom is 0.192 e. The van der Waals surface area contributed by atoms with Gasteiger partial charge >= 0.3 is 0 Å². The fraction of sp³-hybridized carbons (Fsp3) is 0.364. The monoisotopic (exact) mass is 205 g/mol. The summed E-state index contributed by atoms with van der Waals surface area (Å²) in [6, 6.07) is 5.91. The number of aryl methyl sites for hydroxylation is 1. The Morgan fingerprint density at radius 3 is 3.13 bits per heavy atom. The van der Waals surface area contributed by atoms with Gasteiger partial charge in [-0.05, 0) is 31.2 Å². The van der Waals surface area contributed by atoms with E-state index in [9.17, 15) is 0 Å². The molecule has 2 aromatic rings. The Kier molecular flexibility index (Phi) is 2.87. The molecule has 0 atom stereocenters. The van der Waals surface area contributed by atoms with Crippen LogP contribution in [0.4, 0.5) is 5.69 Å². The molecular weight excluding hydrogens is 190 g/mol. The Bertz CT molecular complexity index is 450. The molecule has 0 spiro atoms. The Hall–Kier alpha value is -1.55. The summed E-state index contributed by atoms with van der Waals surface area (Å²) in [6.45, 7) is 3.44. The van der Waals surface area contributed by atoms with Crippen molar-refractivity contribution in [3.8, 4) is 0 Å². The summed E-state index contributed by atoms with van der Waals surface area (Å²) >= 11 is 0.